The van der Waals surface area contributed by atoms with Crippen molar-refractivity contribution < 1.29 is 39.3 Å². The smallest absolute Gasteiger partial charge is 0.161 e. The van der Waals surface area contributed by atoms with Crippen LogP contribution < -0.4 is 0 Å². The van der Waals surface area contributed by atoms with Crippen LogP contribution in [0, 0.1) is 26.2 Å². The summed E-state index contributed by atoms with van der Waals surface area (Å²) >= 11 is 0. The number of carboxylic acids is 2. The molecule has 0 aliphatic rings. The van der Waals surface area contributed by atoms with E-state index in [0.717, 1.165) is 0 Å². The first-order valence-corrected chi connectivity index (χ1v) is 7.42. The van der Waals surface area contributed by atoms with Crippen LogP contribution in [0.15, 0.2) is 60.9 Å². The predicted octanol–water partition coefficient (Wildman–Crippen LogP) is 1.86. The summed E-state index contributed by atoms with van der Waals surface area (Å²) in [4.78, 5) is 17.8. The number of nitrogens with one attached hydrogen (secondary N) is 2. The number of fused-ring (bicyclic) bond motifs is 1. The maximum Gasteiger partial charge on any atom is 0.161 e. The molecule has 0 amide bonds. The zero-order valence-corrected chi connectivity index (χ0v) is 18.4. The Hall–Kier alpha value is -3.72. The number of rotatable bonds is 0. The average molecular weight is 448 g/mol. The van der Waals surface area contributed by atoms with Crippen LogP contribution in [-0.4, -0.2) is 53.0 Å². The normalized spacial score (nSPS) is 7.86. The van der Waals surface area contributed by atoms with E-state index in [2.05, 4.69) is 106 Å². The Balaban J connectivity index is 0. The number of carboxylic acid groups (broad SMARTS) is 2. The third-order valence-corrected chi connectivity index (χ3v) is 2.25. The van der Waals surface area contributed by atoms with E-state index < -0.39 is 11.9 Å². The van der Waals surface area contributed by atoms with Crippen LogP contribution in [0.3, 0.4) is 0 Å². The number of carbonyl (C=O) groups is 2. The molecule has 10 nitrogen and oxygen atoms in total. The molecule has 0 saturated heterocycles. The third kappa shape index (κ3) is 20.4. The fourth-order valence-electron chi connectivity index (χ4n) is 1.42. The quantitative estimate of drug-likeness (QED) is 0.235. The molecule has 150 valence electrons. The number of benzene rings is 2. The number of nitrogens with zero attached hydrogens (tertiary/aromatic N) is 4. The van der Waals surface area contributed by atoms with Crippen molar-refractivity contribution in [3.05, 3.63) is 87.2 Å². The standard InChI is InChI=1S/C10H8.2C2H2N3.2C2H3O2.Zn/c1-2-6-10-8-4-3-7-9(10)5-1;2*1-2-4-5-3-1;2*1-2(3)4;/h1-8H;2*1H,(H,3,4,5);2*1H2,(H,3,4);/q;4*-1;. The predicted molar refractivity (Wildman–Crippen MR) is 100 cm³/mol. The van der Waals surface area contributed by atoms with E-state index in [4.69, 9.17) is 19.8 Å². The zero-order chi connectivity index (χ0) is 21.0. The van der Waals surface area contributed by atoms with Gasteiger partial charge in [0.1, 0.15) is 0 Å². The molecule has 2 aromatic carbocycles. The average Bonchev–Trinajstić information content (AvgIpc) is 3.39. The van der Waals surface area contributed by atoms with E-state index in [-0.39, 0.29) is 19.5 Å². The van der Waals surface area contributed by atoms with Gasteiger partial charge in [-0.2, -0.15) is 0 Å². The third-order valence-electron chi connectivity index (χ3n) is 2.25. The van der Waals surface area contributed by atoms with Gasteiger partial charge in [-0.25, -0.2) is 0 Å². The van der Waals surface area contributed by atoms with Crippen LogP contribution in [-0.2, 0) is 29.1 Å². The molecule has 0 spiro atoms. The van der Waals surface area contributed by atoms with E-state index in [1.807, 2.05) is 0 Å². The minimum absolute atomic E-state index is 0. The van der Waals surface area contributed by atoms with Crippen molar-refractivity contribution in [2.45, 2.75) is 0 Å². The summed E-state index contributed by atoms with van der Waals surface area (Å²) in [5.41, 5.74) is 0. The van der Waals surface area contributed by atoms with E-state index in [9.17, 15) is 0 Å². The SMILES string of the molecule is [CH2-]C(=O)O.[CH2-]C(=O)O.[Zn].[c-]1c[nH]nn1.[c-]1c[nH]nn1.c1ccc2ccccc2c1. The van der Waals surface area contributed by atoms with Crippen LogP contribution >= 0.6 is 0 Å². The maximum absolute atomic E-state index is 8.89. The molecule has 11 heteroatoms. The summed E-state index contributed by atoms with van der Waals surface area (Å²) in [5, 5.41) is 35.3. The van der Waals surface area contributed by atoms with Crippen molar-refractivity contribution >= 4 is 22.7 Å². The monoisotopic (exact) mass is 446 g/mol. The summed E-state index contributed by atoms with van der Waals surface area (Å²) < 4.78 is 0. The summed E-state index contributed by atoms with van der Waals surface area (Å²) in [6.07, 6.45) is 7.94. The molecule has 4 N–H and O–H groups in total. The number of hydrogen-bond donors (Lipinski definition) is 4. The van der Waals surface area contributed by atoms with E-state index >= 15 is 0 Å². The summed E-state index contributed by atoms with van der Waals surface area (Å²) in [5.74, 6) is -2.17. The van der Waals surface area contributed by atoms with Crippen molar-refractivity contribution in [3.63, 3.8) is 0 Å². The molecule has 0 aliphatic heterocycles. The van der Waals surface area contributed by atoms with Gasteiger partial charge in [0.15, 0.2) is 11.9 Å². The number of aromatic amines is 2. The van der Waals surface area contributed by atoms with Gasteiger partial charge >= 0.3 is 0 Å². The second-order valence-electron chi connectivity index (χ2n) is 4.34. The van der Waals surface area contributed by atoms with Crippen LogP contribution in [0.1, 0.15) is 0 Å². The van der Waals surface area contributed by atoms with Crippen molar-refractivity contribution in [1.82, 2.24) is 30.8 Å². The largest absolute Gasteiger partial charge is 0.503 e. The molecule has 2 aromatic heterocycles. The van der Waals surface area contributed by atoms with Gasteiger partial charge in [0.05, 0.1) is 0 Å². The van der Waals surface area contributed by atoms with Gasteiger partial charge in [-0.1, -0.05) is 48.5 Å². The van der Waals surface area contributed by atoms with Crippen molar-refractivity contribution in [3.8, 4) is 0 Å². The first-order valence-electron chi connectivity index (χ1n) is 7.42. The number of aromatic nitrogens is 6. The van der Waals surface area contributed by atoms with Gasteiger partial charge in [-0.3, -0.25) is 23.4 Å². The molecule has 2 heterocycles. The molecule has 0 fully saturated rings. The Bertz CT molecular complexity index is 727. The summed E-state index contributed by atoms with van der Waals surface area (Å²) in [7, 11) is 0. The minimum Gasteiger partial charge on any atom is -0.503 e. The van der Waals surface area contributed by atoms with Gasteiger partial charge in [0.2, 0.25) is 0 Å². The molecule has 0 aliphatic carbocycles. The van der Waals surface area contributed by atoms with Crippen molar-refractivity contribution in [2.75, 3.05) is 0 Å². The Morgan fingerprint density at radius 1 is 0.759 bits per heavy atom. The van der Waals surface area contributed by atoms with Gasteiger partial charge in [0, 0.05) is 19.5 Å². The van der Waals surface area contributed by atoms with Crippen LogP contribution in [0.4, 0.5) is 0 Å². The van der Waals surface area contributed by atoms with E-state index in [0.29, 0.717) is 0 Å². The maximum atomic E-state index is 8.89. The zero-order valence-electron chi connectivity index (χ0n) is 15.4. The molecule has 0 atom stereocenters. The molecular formula is C18H18N6O4Zn-4. The Labute approximate surface area is 180 Å². The second kappa shape index (κ2) is 19.1. The van der Waals surface area contributed by atoms with Crippen LogP contribution in [0.5, 0.6) is 0 Å². The topological polar surface area (TPSA) is 158 Å². The van der Waals surface area contributed by atoms with Crippen LogP contribution in [0.25, 0.3) is 10.8 Å². The molecule has 0 saturated carbocycles. The Morgan fingerprint density at radius 2 is 1.03 bits per heavy atom. The molecule has 4 aromatic rings. The first kappa shape index (κ1) is 27.5. The van der Waals surface area contributed by atoms with E-state index in [1.54, 1.807) is 0 Å². The summed E-state index contributed by atoms with van der Waals surface area (Å²) in [6.45, 7) is 5.11. The fraction of sp³-hybridized carbons (Fsp3) is 0. The van der Waals surface area contributed by atoms with Crippen LogP contribution in [0.2, 0.25) is 0 Å². The Morgan fingerprint density at radius 3 is 1.17 bits per heavy atom. The molecule has 0 bridgehead atoms. The summed E-state index contributed by atoms with van der Waals surface area (Å²) in [6, 6.07) is 16.7. The molecular weight excluding hydrogens is 430 g/mol. The fourth-order valence-corrected chi connectivity index (χ4v) is 1.42. The van der Waals surface area contributed by atoms with Gasteiger partial charge in [-0.05, 0) is 10.8 Å². The molecule has 0 radical (unpaired) electrons. The van der Waals surface area contributed by atoms with Crippen molar-refractivity contribution in [2.24, 2.45) is 0 Å². The van der Waals surface area contributed by atoms with Gasteiger partial charge in [-0.15, -0.1) is 22.8 Å². The number of aliphatic carboxylic acids is 2. The molecule has 29 heavy (non-hydrogen) atoms. The minimum atomic E-state index is -1.08. The van der Waals surface area contributed by atoms with Gasteiger partial charge < -0.3 is 43.0 Å². The Kier molecular flexibility index (Phi) is 18.1. The molecule has 4 rings (SSSR count). The van der Waals surface area contributed by atoms with Gasteiger partial charge in [0.25, 0.3) is 0 Å². The first-order chi connectivity index (χ1) is 13.4. The second-order valence-corrected chi connectivity index (χ2v) is 4.34. The van der Waals surface area contributed by atoms with E-state index in [1.165, 1.54) is 23.2 Å². The number of hydrogen-bond acceptors (Lipinski definition) is 6. The van der Waals surface area contributed by atoms with Crippen molar-refractivity contribution in [1.29, 1.82) is 0 Å². The molecule has 0 unspecified atom stereocenters. The number of H-pyrrole nitrogens is 2.